The average molecular weight is 596 g/mol. The van der Waals surface area contributed by atoms with Gasteiger partial charge in [-0.2, -0.15) is 0 Å². The first-order chi connectivity index (χ1) is 18.9. The van der Waals surface area contributed by atoms with Crippen LogP contribution in [-0.4, -0.2) is 149 Å². The fourth-order valence-electron chi connectivity index (χ4n) is 3.80. The number of nitrogens with zero attached hydrogens (tertiary/aromatic N) is 1. The third-order valence-corrected chi connectivity index (χ3v) is 7.08. The van der Waals surface area contributed by atoms with E-state index in [-0.39, 0.29) is 44.2 Å². The van der Waals surface area contributed by atoms with E-state index in [0.717, 1.165) is 5.56 Å². The van der Waals surface area contributed by atoms with Crippen LogP contribution in [0, 0.1) is 0 Å². The Kier molecular flexibility index (Phi) is 18.0. The normalized spacial score (nSPS) is 18.0. The number of carbonyl (C=O) groups excluding carboxylic acids is 1. The van der Waals surface area contributed by atoms with Crippen LogP contribution in [-0.2, 0) is 10.5 Å². The zero-order valence-corrected chi connectivity index (χ0v) is 23.5. The van der Waals surface area contributed by atoms with E-state index < -0.39 is 68.5 Å². The number of thioether (sulfide) groups is 1. The van der Waals surface area contributed by atoms with Crippen molar-refractivity contribution in [3.05, 3.63) is 29.8 Å². The number of benzene rings is 1. The summed E-state index contributed by atoms with van der Waals surface area (Å²) in [4.78, 5) is 12.7. The van der Waals surface area contributed by atoms with Crippen LogP contribution in [0.25, 0.3) is 0 Å². The fraction of sp³-hybridized carbons (Fsp3) is 0.731. The van der Waals surface area contributed by atoms with Gasteiger partial charge in [0.15, 0.2) is 5.12 Å². The van der Waals surface area contributed by atoms with Gasteiger partial charge in [-0.3, -0.25) is 9.69 Å². The fourth-order valence-corrected chi connectivity index (χ4v) is 4.37. The largest absolute Gasteiger partial charge is 0.492 e. The van der Waals surface area contributed by atoms with Crippen LogP contribution in [0.4, 0.5) is 0 Å². The molecule has 0 amide bonds. The molecule has 0 aliphatic heterocycles. The molecule has 8 atom stereocenters. The summed E-state index contributed by atoms with van der Waals surface area (Å²) in [6, 6.07) is 7.11. The Morgan fingerprint density at radius 2 is 1.30 bits per heavy atom. The molecule has 0 aliphatic rings. The molecule has 0 aliphatic carbocycles. The first kappa shape index (κ1) is 36.6. The SMILES string of the molecule is CC(=O)SCc1ccc(OCCN(C[C@@H](O)C[C@@H](O)[C@H](O)C[C@H](O)CO)C[C@@H](O)[C@@H](O)C[C@H](O)[C@H](O)CO)cc1. The molecular formula is C26H45NO12S. The Balaban J connectivity index is 2.77. The van der Waals surface area contributed by atoms with Gasteiger partial charge in [0.05, 0.1) is 55.9 Å². The molecule has 0 saturated heterocycles. The highest BCUT2D eigenvalue weighted by Crippen LogP contribution is 2.18. The molecule has 0 heterocycles. The van der Waals surface area contributed by atoms with Crippen molar-refractivity contribution in [2.75, 3.05) is 39.5 Å². The van der Waals surface area contributed by atoms with Crippen LogP contribution in [0.2, 0.25) is 0 Å². The number of rotatable bonds is 21. The lowest BCUT2D eigenvalue weighted by atomic mass is 10.0. The molecule has 0 fully saturated rings. The van der Waals surface area contributed by atoms with E-state index in [1.807, 2.05) is 12.1 Å². The molecule has 14 heteroatoms. The van der Waals surface area contributed by atoms with Gasteiger partial charge in [-0.15, -0.1) is 0 Å². The summed E-state index contributed by atoms with van der Waals surface area (Å²) in [5.74, 6) is 1.07. The Labute approximate surface area is 238 Å². The molecule has 0 spiro atoms. The van der Waals surface area contributed by atoms with Crippen LogP contribution < -0.4 is 4.74 Å². The van der Waals surface area contributed by atoms with E-state index in [1.54, 1.807) is 17.0 Å². The first-order valence-electron chi connectivity index (χ1n) is 13.1. The number of hydrogen-bond donors (Lipinski definition) is 10. The molecule has 10 N–H and O–H groups in total. The maximum Gasteiger partial charge on any atom is 0.186 e. The van der Waals surface area contributed by atoms with Crippen molar-refractivity contribution in [3.63, 3.8) is 0 Å². The lowest BCUT2D eigenvalue weighted by Crippen LogP contribution is -2.46. The summed E-state index contributed by atoms with van der Waals surface area (Å²) in [7, 11) is 0. The molecule has 0 unspecified atom stereocenters. The Morgan fingerprint density at radius 3 is 1.85 bits per heavy atom. The molecule has 40 heavy (non-hydrogen) atoms. The summed E-state index contributed by atoms with van der Waals surface area (Å²) >= 11 is 1.19. The molecule has 1 aromatic rings. The lowest BCUT2D eigenvalue weighted by molar-refractivity contribution is -0.109. The first-order valence-corrected chi connectivity index (χ1v) is 14.1. The van der Waals surface area contributed by atoms with Crippen molar-refractivity contribution in [1.29, 1.82) is 0 Å². The highest BCUT2D eigenvalue weighted by atomic mass is 32.2. The van der Waals surface area contributed by atoms with E-state index in [1.165, 1.54) is 18.7 Å². The van der Waals surface area contributed by atoms with E-state index in [2.05, 4.69) is 0 Å². The van der Waals surface area contributed by atoms with Crippen LogP contribution in [0.1, 0.15) is 31.7 Å². The Bertz CT molecular complexity index is 819. The Hall–Kier alpha value is -1.40. The summed E-state index contributed by atoms with van der Waals surface area (Å²) in [5, 5.41) is 98.2. The molecule has 0 radical (unpaired) electrons. The number of hydrogen-bond acceptors (Lipinski definition) is 14. The van der Waals surface area contributed by atoms with Gasteiger partial charge < -0.3 is 55.8 Å². The van der Waals surface area contributed by atoms with E-state index >= 15 is 0 Å². The number of ether oxygens (including phenoxy) is 1. The number of aliphatic hydroxyl groups is 10. The zero-order chi connectivity index (χ0) is 30.2. The molecular weight excluding hydrogens is 550 g/mol. The van der Waals surface area contributed by atoms with Crippen LogP contribution in [0.5, 0.6) is 5.75 Å². The van der Waals surface area contributed by atoms with Crippen molar-refractivity contribution < 1.29 is 60.6 Å². The third kappa shape index (κ3) is 15.0. The zero-order valence-electron chi connectivity index (χ0n) is 22.6. The summed E-state index contributed by atoms with van der Waals surface area (Å²) in [6.07, 6.45) is -12.0. The molecule has 1 aromatic carbocycles. The minimum absolute atomic E-state index is 0.0128. The number of carbonyl (C=O) groups is 1. The van der Waals surface area contributed by atoms with Crippen LogP contribution in [0.15, 0.2) is 24.3 Å². The summed E-state index contributed by atoms with van der Waals surface area (Å²) < 4.78 is 5.74. The van der Waals surface area contributed by atoms with Gasteiger partial charge in [0.25, 0.3) is 0 Å². The third-order valence-electron chi connectivity index (χ3n) is 6.20. The highest BCUT2D eigenvalue weighted by Gasteiger charge is 2.28. The van der Waals surface area contributed by atoms with Gasteiger partial charge in [-0.05, 0) is 17.7 Å². The van der Waals surface area contributed by atoms with E-state index in [0.29, 0.717) is 11.5 Å². The van der Waals surface area contributed by atoms with Crippen LogP contribution in [0.3, 0.4) is 0 Å². The monoisotopic (exact) mass is 595 g/mol. The van der Waals surface area contributed by atoms with Crippen LogP contribution >= 0.6 is 11.8 Å². The van der Waals surface area contributed by atoms with Gasteiger partial charge in [-0.25, -0.2) is 0 Å². The predicted molar refractivity (Wildman–Crippen MR) is 146 cm³/mol. The van der Waals surface area contributed by atoms with Crippen molar-refractivity contribution in [2.24, 2.45) is 0 Å². The summed E-state index contributed by atoms with van der Waals surface area (Å²) in [5.41, 5.74) is 0.940. The summed E-state index contributed by atoms with van der Waals surface area (Å²) in [6.45, 7) is 0.147. The predicted octanol–water partition coefficient (Wildman–Crippen LogP) is -2.81. The maximum absolute atomic E-state index is 11.1. The maximum atomic E-state index is 11.1. The molecule has 0 aromatic heterocycles. The topological polar surface area (TPSA) is 232 Å². The van der Waals surface area contributed by atoms with Gasteiger partial charge in [0, 0.05) is 51.6 Å². The van der Waals surface area contributed by atoms with Crippen molar-refractivity contribution in [3.8, 4) is 5.75 Å². The second-order valence-corrected chi connectivity index (χ2v) is 11.0. The van der Waals surface area contributed by atoms with Crippen molar-refractivity contribution in [2.45, 2.75) is 80.8 Å². The molecule has 0 saturated carbocycles. The van der Waals surface area contributed by atoms with Gasteiger partial charge in [0.1, 0.15) is 18.5 Å². The molecule has 232 valence electrons. The minimum atomic E-state index is -1.49. The molecule has 13 nitrogen and oxygen atoms in total. The Morgan fingerprint density at radius 1 is 0.750 bits per heavy atom. The van der Waals surface area contributed by atoms with E-state index in [9.17, 15) is 45.6 Å². The highest BCUT2D eigenvalue weighted by molar-refractivity contribution is 8.12. The molecule has 0 bridgehead atoms. The quantitative estimate of drug-likeness (QED) is 0.0691. The lowest BCUT2D eigenvalue weighted by Gasteiger charge is -2.31. The number of aliphatic hydroxyl groups excluding tert-OH is 10. The van der Waals surface area contributed by atoms with Gasteiger partial charge in [-0.1, -0.05) is 23.9 Å². The second kappa shape index (κ2) is 19.7. The average Bonchev–Trinajstić information content (AvgIpc) is 2.91. The molecule has 1 rings (SSSR count). The van der Waals surface area contributed by atoms with Gasteiger partial charge in [0.2, 0.25) is 0 Å². The second-order valence-electron chi connectivity index (χ2n) is 9.82. The standard InChI is InChI=1S/C26H45NO12S/c1-16(30)40-15-17-2-4-20(5-3-17)39-7-6-27(12-25(37)23(35)10-24(36)26(38)14-29)11-18(31)8-21(33)22(34)9-19(32)13-28/h2-5,18-19,21-26,28-29,31-38H,6-15H2,1H3/t18-,19-,21+,22+,23-,24-,25+,26+/m0/s1. The minimum Gasteiger partial charge on any atom is -0.492 e. The van der Waals surface area contributed by atoms with Crippen molar-refractivity contribution >= 4 is 16.9 Å². The smallest absolute Gasteiger partial charge is 0.186 e. The van der Waals surface area contributed by atoms with Gasteiger partial charge >= 0.3 is 0 Å². The van der Waals surface area contributed by atoms with E-state index in [4.69, 9.17) is 14.9 Å². The van der Waals surface area contributed by atoms with Crippen molar-refractivity contribution in [1.82, 2.24) is 4.90 Å².